The quantitative estimate of drug-likeness (QED) is 0.779. The molecule has 0 fully saturated rings. The molecule has 0 saturated heterocycles. The van der Waals surface area contributed by atoms with Gasteiger partial charge in [0.15, 0.2) is 0 Å². The number of thiophene rings is 1. The Hall–Kier alpha value is -0.360. The number of para-hydroxylation sites is 1. The third-order valence-electron chi connectivity index (χ3n) is 3.48. The van der Waals surface area contributed by atoms with Gasteiger partial charge in [-0.1, -0.05) is 18.2 Å². The average molecular weight is 403 g/mol. The lowest BCUT2D eigenvalue weighted by molar-refractivity contribution is 0.255. The van der Waals surface area contributed by atoms with E-state index in [2.05, 4.69) is 44.0 Å². The van der Waals surface area contributed by atoms with Crippen LogP contribution in [0.4, 0.5) is 0 Å². The molecule has 2 N–H and O–H groups in total. The van der Waals surface area contributed by atoms with E-state index in [1.807, 2.05) is 18.2 Å². The topological polar surface area (TPSA) is 35.2 Å². The second-order valence-corrected chi connectivity index (χ2v) is 8.34. The molecule has 2 atom stereocenters. The van der Waals surface area contributed by atoms with E-state index < -0.39 is 0 Å². The van der Waals surface area contributed by atoms with Crippen LogP contribution in [-0.2, 0) is 0 Å². The summed E-state index contributed by atoms with van der Waals surface area (Å²) in [7, 11) is 0. The number of ether oxygens (including phenoxy) is 1. The van der Waals surface area contributed by atoms with Gasteiger partial charge >= 0.3 is 0 Å². The smallest absolute Gasteiger partial charge is 0.122 e. The Morgan fingerprint density at radius 2 is 2.11 bits per heavy atom. The largest absolute Gasteiger partial charge is 0.493 e. The van der Waals surface area contributed by atoms with Crippen molar-refractivity contribution in [3.05, 3.63) is 49.0 Å². The molecule has 0 amide bonds. The summed E-state index contributed by atoms with van der Waals surface area (Å²) in [6.45, 7) is 0.734. The molecular weight excluding hydrogens is 390 g/mol. The van der Waals surface area contributed by atoms with Gasteiger partial charge in [-0.25, -0.2) is 0 Å². The maximum atomic E-state index is 6.50. The molecule has 1 aliphatic heterocycles. The molecule has 5 heteroatoms. The first-order valence-electron chi connectivity index (χ1n) is 6.09. The molecule has 0 spiro atoms. The van der Waals surface area contributed by atoms with Gasteiger partial charge in [0.25, 0.3) is 0 Å². The fourth-order valence-electron chi connectivity index (χ4n) is 2.54. The molecule has 2 heterocycles. The first kappa shape index (κ1) is 13.6. The molecule has 100 valence electrons. The van der Waals surface area contributed by atoms with E-state index in [9.17, 15) is 0 Å². The lowest BCUT2D eigenvalue weighted by Gasteiger charge is -2.30. The van der Waals surface area contributed by atoms with Gasteiger partial charge < -0.3 is 10.5 Å². The van der Waals surface area contributed by atoms with Crippen molar-refractivity contribution >= 4 is 43.2 Å². The predicted octanol–water partition coefficient (Wildman–Crippen LogP) is 4.84. The third kappa shape index (κ3) is 2.61. The Morgan fingerprint density at radius 1 is 1.32 bits per heavy atom. The van der Waals surface area contributed by atoms with E-state index in [1.54, 1.807) is 11.3 Å². The maximum absolute atomic E-state index is 6.50. The highest BCUT2D eigenvalue weighted by atomic mass is 79.9. The fourth-order valence-corrected chi connectivity index (χ4v) is 5.50. The number of benzene rings is 1. The van der Waals surface area contributed by atoms with E-state index in [1.165, 1.54) is 11.1 Å². The molecule has 0 aliphatic carbocycles. The van der Waals surface area contributed by atoms with Gasteiger partial charge in [-0.3, -0.25) is 0 Å². The third-order valence-corrected chi connectivity index (χ3v) is 5.87. The number of halogens is 2. The van der Waals surface area contributed by atoms with Gasteiger partial charge in [0.05, 0.1) is 14.2 Å². The van der Waals surface area contributed by atoms with Crippen LogP contribution in [-0.4, -0.2) is 6.61 Å². The van der Waals surface area contributed by atoms with E-state index >= 15 is 0 Å². The van der Waals surface area contributed by atoms with E-state index in [0.717, 1.165) is 26.4 Å². The van der Waals surface area contributed by atoms with Crippen molar-refractivity contribution in [2.75, 3.05) is 6.61 Å². The maximum Gasteiger partial charge on any atom is 0.122 e. The van der Waals surface area contributed by atoms with E-state index in [4.69, 9.17) is 10.5 Å². The summed E-state index contributed by atoms with van der Waals surface area (Å²) in [4.78, 5) is 0. The van der Waals surface area contributed by atoms with Gasteiger partial charge in [0, 0.05) is 12.0 Å². The van der Waals surface area contributed by atoms with Crippen LogP contribution in [0.5, 0.6) is 5.75 Å². The Kier molecular flexibility index (Phi) is 3.98. The van der Waals surface area contributed by atoms with Gasteiger partial charge in [0.2, 0.25) is 0 Å². The number of nitrogens with two attached hydrogens (primary N) is 1. The second kappa shape index (κ2) is 5.56. The van der Waals surface area contributed by atoms with Crippen molar-refractivity contribution in [3.8, 4) is 5.75 Å². The van der Waals surface area contributed by atoms with Gasteiger partial charge in [-0.2, -0.15) is 0 Å². The van der Waals surface area contributed by atoms with Crippen molar-refractivity contribution in [2.24, 2.45) is 5.73 Å². The predicted molar refractivity (Wildman–Crippen MR) is 85.9 cm³/mol. The summed E-state index contributed by atoms with van der Waals surface area (Å²) in [5.74, 6) is 1.28. The lowest BCUT2D eigenvalue weighted by Crippen LogP contribution is -2.25. The highest BCUT2D eigenvalue weighted by Crippen LogP contribution is 2.44. The van der Waals surface area contributed by atoms with Crippen molar-refractivity contribution in [1.29, 1.82) is 0 Å². The van der Waals surface area contributed by atoms with Gasteiger partial charge in [-0.05, 0) is 61.5 Å². The molecule has 0 saturated carbocycles. The standard InChI is InChI=1S/C14H13Br2NOS/c15-12-7-10(14(16)19-12)13(17)9-5-6-18-11-4-2-1-3-8(9)11/h1-4,7,9,13H,5-6,17H2. The molecule has 3 rings (SSSR count). The van der Waals surface area contributed by atoms with Crippen molar-refractivity contribution in [2.45, 2.75) is 18.4 Å². The minimum absolute atomic E-state index is 0.0121. The molecule has 1 aromatic heterocycles. The number of fused-ring (bicyclic) bond motifs is 1. The van der Waals surface area contributed by atoms with Crippen LogP contribution >= 0.6 is 43.2 Å². The van der Waals surface area contributed by atoms with Crippen LogP contribution in [0.2, 0.25) is 0 Å². The van der Waals surface area contributed by atoms with Crippen LogP contribution < -0.4 is 10.5 Å². The molecular formula is C14H13Br2NOS. The van der Waals surface area contributed by atoms with Gasteiger partial charge in [-0.15, -0.1) is 11.3 Å². The first-order chi connectivity index (χ1) is 9.16. The van der Waals surface area contributed by atoms with Crippen LogP contribution in [0, 0.1) is 0 Å². The van der Waals surface area contributed by atoms with Crippen LogP contribution in [0.15, 0.2) is 37.9 Å². The normalized spacial score (nSPS) is 19.6. The Balaban J connectivity index is 1.97. The Bertz CT molecular complexity index is 599. The summed E-state index contributed by atoms with van der Waals surface area (Å²) in [5.41, 5.74) is 8.88. The molecule has 2 unspecified atom stereocenters. The number of hydrogen-bond acceptors (Lipinski definition) is 3. The van der Waals surface area contributed by atoms with Crippen molar-refractivity contribution in [1.82, 2.24) is 0 Å². The van der Waals surface area contributed by atoms with E-state index in [0.29, 0.717) is 5.92 Å². The fraction of sp³-hybridized carbons (Fsp3) is 0.286. The molecule has 1 aromatic carbocycles. The van der Waals surface area contributed by atoms with Crippen LogP contribution in [0.1, 0.15) is 29.5 Å². The average Bonchev–Trinajstić information content (AvgIpc) is 2.76. The lowest BCUT2D eigenvalue weighted by atomic mass is 9.84. The summed E-state index contributed by atoms with van der Waals surface area (Å²) in [6, 6.07) is 10.3. The highest BCUT2D eigenvalue weighted by Gasteiger charge is 2.29. The zero-order valence-corrected chi connectivity index (χ0v) is 14.1. The van der Waals surface area contributed by atoms with Crippen LogP contribution in [0.25, 0.3) is 0 Å². The molecule has 19 heavy (non-hydrogen) atoms. The minimum atomic E-state index is -0.0121. The number of rotatable bonds is 2. The monoisotopic (exact) mass is 401 g/mol. The summed E-state index contributed by atoms with van der Waals surface area (Å²) in [5, 5.41) is 0. The summed E-state index contributed by atoms with van der Waals surface area (Å²) >= 11 is 8.78. The highest BCUT2D eigenvalue weighted by molar-refractivity contribution is 9.12. The van der Waals surface area contributed by atoms with Crippen molar-refractivity contribution in [3.63, 3.8) is 0 Å². The SMILES string of the molecule is NC(c1cc(Br)sc1Br)C1CCOc2ccccc21. The zero-order chi connectivity index (χ0) is 13.4. The summed E-state index contributed by atoms with van der Waals surface area (Å²) < 4.78 is 7.91. The molecule has 0 bridgehead atoms. The second-order valence-electron chi connectivity index (χ2n) is 4.59. The first-order valence-corrected chi connectivity index (χ1v) is 8.49. The van der Waals surface area contributed by atoms with E-state index in [-0.39, 0.29) is 6.04 Å². The summed E-state index contributed by atoms with van der Waals surface area (Å²) in [6.07, 6.45) is 0.956. The Morgan fingerprint density at radius 3 is 2.84 bits per heavy atom. The van der Waals surface area contributed by atoms with Crippen molar-refractivity contribution < 1.29 is 4.74 Å². The molecule has 2 nitrogen and oxygen atoms in total. The Labute approximate surface area is 133 Å². The van der Waals surface area contributed by atoms with Crippen LogP contribution in [0.3, 0.4) is 0 Å². The minimum Gasteiger partial charge on any atom is -0.493 e. The number of hydrogen-bond donors (Lipinski definition) is 1. The van der Waals surface area contributed by atoms with Gasteiger partial charge in [0.1, 0.15) is 5.75 Å². The molecule has 1 aliphatic rings. The zero-order valence-electron chi connectivity index (χ0n) is 10.1. The molecule has 0 radical (unpaired) electrons. The molecule has 2 aromatic rings.